The second-order valence-corrected chi connectivity index (χ2v) is 4.45. The van der Waals surface area contributed by atoms with Gasteiger partial charge in [-0.1, -0.05) is 19.0 Å². The Bertz CT molecular complexity index is 649. The van der Waals surface area contributed by atoms with Crippen molar-refractivity contribution < 1.29 is 2.74 Å². The molecule has 0 spiro atoms. The lowest BCUT2D eigenvalue weighted by molar-refractivity contribution is 0.432. The molecule has 4 nitrogen and oxygen atoms in total. The van der Waals surface area contributed by atoms with Crippen LogP contribution in [0.2, 0.25) is 0 Å². The second-order valence-electron chi connectivity index (χ2n) is 4.45. The van der Waals surface area contributed by atoms with Crippen LogP contribution in [0.3, 0.4) is 0 Å². The van der Waals surface area contributed by atoms with Crippen molar-refractivity contribution in [2.24, 2.45) is 0 Å². The highest BCUT2D eigenvalue weighted by Crippen LogP contribution is 2.22. The van der Waals surface area contributed by atoms with Crippen LogP contribution in [-0.4, -0.2) is 22.1 Å². The van der Waals surface area contributed by atoms with Gasteiger partial charge in [-0.05, 0) is 31.0 Å². The first-order valence-electron chi connectivity index (χ1n) is 7.12. The fraction of sp³-hybridized carbons (Fsp3) is 0.462. The average molecular weight is 233 g/mol. The highest BCUT2D eigenvalue weighted by molar-refractivity contribution is 5.79. The van der Waals surface area contributed by atoms with Crippen molar-refractivity contribution in [1.29, 1.82) is 0 Å². The number of benzene rings is 1. The number of imidazole rings is 1. The van der Waals surface area contributed by atoms with E-state index in [-0.39, 0.29) is 18.6 Å². The molecule has 1 aliphatic rings. The van der Waals surface area contributed by atoms with Crippen LogP contribution in [0.1, 0.15) is 21.6 Å². The zero-order valence-corrected chi connectivity index (χ0v) is 9.57. The molecule has 0 saturated heterocycles. The van der Waals surface area contributed by atoms with Crippen molar-refractivity contribution in [3.05, 3.63) is 34.2 Å². The van der Waals surface area contributed by atoms with Crippen LogP contribution < -0.4 is 11.0 Å². The van der Waals surface area contributed by atoms with Crippen LogP contribution in [0, 0.1) is 0 Å². The molecule has 3 rings (SSSR count). The molecule has 4 heteroatoms. The van der Waals surface area contributed by atoms with Crippen LogP contribution >= 0.6 is 0 Å². The van der Waals surface area contributed by atoms with Gasteiger partial charge in [0.25, 0.3) is 0 Å². The molecule has 2 N–H and O–H groups in total. The summed E-state index contributed by atoms with van der Waals surface area (Å²) < 4.78 is 16.5. The van der Waals surface area contributed by atoms with Crippen molar-refractivity contribution in [1.82, 2.24) is 14.9 Å². The van der Waals surface area contributed by atoms with Gasteiger partial charge in [0.15, 0.2) is 0 Å². The molecule has 90 valence electrons. The van der Waals surface area contributed by atoms with E-state index in [1.54, 1.807) is 4.57 Å². The first-order valence-corrected chi connectivity index (χ1v) is 5.84. The summed E-state index contributed by atoms with van der Waals surface area (Å²) in [6, 6.07) is 6.08. The first kappa shape index (κ1) is 8.53. The van der Waals surface area contributed by atoms with Crippen LogP contribution in [0.5, 0.6) is 0 Å². The number of H-pyrrole nitrogens is 1. The smallest absolute Gasteiger partial charge is 0.312 e. The number of nitrogens with zero attached hydrogens (tertiary/aromatic N) is 1. The fourth-order valence-electron chi connectivity index (χ4n) is 2.57. The first-order chi connectivity index (χ1) is 9.19. The summed E-state index contributed by atoms with van der Waals surface area (Å²) in [5.74, 6) is 0. The van der Waals surface area contributed by atoms with Gasteiger partial charge >= 0.3 is 5.69 Å². The zero-order chi connectivity index (χ0) is 13.4. The maximum Gasteiger partial charge on any atom is 0.326 e. The van der Waals surface area contributed by atoms with Crippen LogP contribution in [0.4, 0.5) is 0 Å². The van der Waals surface area contributed by atoms with Gasteiger partial charge in [-0.3, -0.25) is 4.57 Å². The molecule has 1 aliphatic heterocycles. The minimum atomic E-state index is -0.403. The van der Waals surface area contributed by atoms with E-state index in [1.807, 2.05) is 18.2 Å². The summed E-state index contributed by atoms with van der Waals surface area (Å²) in [4.78, 5) is 14.8. The predicted octanol–water partition coefficient (Wildman–Crippen LogP) is 1.25. The topological polar surface area (TPSA) is 49.8 Å². The van der Waals surface area contributed by atoms with Crippen molar-refractivity contribution in [3.63, 3.8) is 0 Å². The Morgan fingerprint density at radius 2 is 2.65 bits per heavy atom. The largest absolute Gasteiger partial charge is 0.326 e. The number of para-hydroxylation sites is 1. The molecule has 0 radical (unpaired) electrons. The lowest BCUT2D eigenvalue weighted by Gasteiger charge is -2.24. The molecule has 2 aromatic rings. The zero-order valence-electron chi connectivity index (χ0n) is 11.6. The van der Waals surface area contributed by atoms with Crippen molar-refractivity contribution in [2.75, 3.05) is 6.54 Å². The fourth-order valence-corrected chi connectivity index (χ4v) is 2.57. The highest BCUT2D eigenvalue weighted by atomic mass is 16.1. The molecule has 17 heavy (non-hydrogen) atoms. The molecule has 1 unspecified atom stereocenters. The second kappa shape index (κ2) is 4.04. The third kappa shape index (κ3) is 1.69. The Morgan fingerprint density at radius 3 is 3.53 bits per heavy atom. The Hall–Kier alpha value is -1.55. The van der Waals surface area contributed by atoms with Crippen LogP contribution in [0.25, 0.3) is 11.0 Å². The third-order valence-electron chi connectivity index (χ3n) is 3.30. The maximum atomic E-state index is 11.9. The van der Waals surface area contributed by atoms with Crippen molar-refractivity contribution in [2.45, 2.75) is 32.3 Å². The quantitative estimate of drug-likeness (QED) is 0.838. The predicted molar refractivity (Wildman–Crippen MR) is 68.3 cm³/mol. The Kier molecular flexibility index (Phi) is 2.02. The van der Waals surface area contributed by atoms with Crippen molar-refractivity contribution >= 4 is 11.0 Å². The van der Waals surface area contributed by atoms with Crippen molar-refractivity contribution in [3.8, 4) is 0 Å². The van der Waals surface area contributed by atoms with Crippen LogP contribution in [0.15, 0.2) is 23.0 Å². The Balaban J connectivity index is 1.86. The highest BCUT2D eigenvalue weighted by Gasteiger charge is 2.21. The molecular weight excluding hydrogens is 214 g/mol. The number of hydrogen-bond acceptors (Lipinski definition) is 2. The van der Waals surface area contributed by atoms with E-state index < -0.39 is 6.40 Å². The van der Waals surface area contributed by atoms with Gasteiger partial charge in [0, 0.05) is 15.3 Å². The molecule has 0 bridgehead atoms. The van der Waals surface area contributed by atoms with Gasteiger partial charge in [-0.15, -0.1) is 0 Å². The van der Waals surface area contributed by atoms with Gasteiger partial charge in [0.05, 0.1) is 11.0 Å². The number of aromatic nitrogens is 2. The van der Waals surface area contributed by atoms with E-state index >= 15 is 0 Å². The lowest BCUT2D eigenvalue weighted by Crippen LogP contribution is -2.40. The molecule has 0 aliphatic carbocycles. The number of rotatable bonds is 3. The summed E-state index contributed by atoms with van der Waals surface area (Å²) in [6.45, 7) is 1.23. The molecule has 1 aromatic carbocycles. The third-order valence-corrected chi connectivity index (χ3v) is 3.30. The number of hydrogen-bond donors (Lipinski definition) is 2. The molecule has 2 heterocycles. The average Bonchev–Trinajstić information content (AvgIpc) is 2.74. The van der Waals surface area contributed by atoms with E-state index in [1.165, 1.54) is 0 Å². The van der Waals surface area contributed by atoms with E-state index in [0.29, 0.717) is 13.1 Å². The van der Waals surface area contributed by atoms with E-state index in [0.717, 1.165) is 23.0 Å². The van der Waals surface area contributed by atoms with E-state index in [2.05, 4.69) is 10.3 Å². The number of nitrogens with one attached hydrogen (secondary N) is 2. The summed E-state index contributed by atoms with van der Waals surface area (Å²) in [5.41, 5.74) is 2.99. The van der Waals surface area contributed by atoms with Gasteiger partial charge in [0.1, 0.15) is 0 Å². The van der Waals surface area contributed by atoms with Gasteiger partial charge in [-0.2, -0.15) is 0 Å². The maximum absolute atomic E-state index is 11.9. The normalized spacial score (nSPS) is 22.2. The molecule has 0 saturated carbocycles. The monoisotopic (exact) mass is 233 g/mol. The Labute approximate surface area is 102 Å². The van der Waals surface area contributed by atoms with E-state index in [4.69, 9.17) is 2.74 Å². The Morgan fingerprint density at radius 1 is 1.71 bits per heavy atom. The molecule has 0 fully saturated rings. The summed E-state index contributed by atoms with van der Waals surface area (Å²) in [7, 11) is 0. The minimum Gasteiger partial charge on any atom is -0.312 e. The molecular formula is C13H17N3O. The molecule has 0 amide bonds. The van der Waals surface area contributed by atoms with Gasteiger partial charge in [0.2, 0.25) is 0 Å². The SMILES string of the molecule is [2H]CC([2H])CN[C@@H]1Cc2cccc3[nH]c(=O)n(c23)C1. The lowest BCUT2D eigenvalue weighted by atomic mass is 10.0. The summed E-state index contributed by atoms with van der Waals surface area (Å²) >= 11 is 0. The van der Waals surface area contributed by atoms with Gasteiger partial charge in [-0.25, -0.2) is 4.79 Å². The molecule has 2 atom stereocenters. The standard InChI is InChI=1S/C13H17N3O/c1-2-6-14-10-7-9-4-3-5-11-12(9)16(8-10)13(17)15-11/h3-5,10,14H,2,6-8H2,1H3,(H,15,17)/t10-/m1/s1/i1D,2D/t2?,10-. The molecule has 1 aromatic heterocycles. The summed E-state index contributed by atoms with van der Waals surface area (Å²) in [5, 5.41) is 3.29. The van der Waals surface area contributed by atoms with Gasteiger partial charge < -0.3 is 10.3 Å². The summed E-state index contributed by atoms with van der Waals surface area (Å²) in [6.07, 6.45) is 0.458. The minimum absolute atomic E-state index is 0.0723. The van der Waals surface area contributed by atoms with Crippen LogP contribution in [-0.2, 0) is 13.0 Å². The van der Waals surface area contributed by atoms with E-state index in [9.17, 15) is 4.79 Å². The number of aromatic amines is 1.